The summed E-state index contributed by atoms with van der Waals surface area (Å²) in [5.74, 6) is 0.934. The Morgan fingerprint density at radius 1 is 1.19 bits per heavy atom. The molecule has 2 N–H and O–H groups in total. The number of nitrogens with one attached hydrogen (secondary N) is 2. The van der Waals surface area contributed by atoms with E-state index in [2.05, 4.69) is 20.5 Å². The summed E-state index contributed by atoms with van der Waals surface area (Å²) in [6.45, 7) is 6.54. The second-order valence-electron chi connectivity index (χ2n) is 5.42. The van der Waals surface area contributed by atoms with Gasteiger partial charge in [-0.15, -0.1) is 0 Å². The van der Waals surface area contributed by atoms with Crippen LogP contribution in [0, 0.1) is 0 Å². The smallest absolute Gasteiger partial charge is 0.252 e. The topological polar surface area (TPSA) is 57.3 Å². The third kappa shape index (κ3) is 5.01. The summed E-state index contributed by atoms with van der Waals surface area (Å²) >= 11 is 0. The van der Waals surface area contributed by atoms with Crippen molar-refractivity contribution in [1.29, 1.82) is 0 Å². The van der Waals surface area contributed by atoms with E-state index in [0.717, 1.165) is 32.0 Å². The third-order valence-corrected chi connectivity index (χ3v) is 3.78. The molecular weight excluding hydrogens is 264 g/mol. The van der Waals surface area contributed by atoms with Crippen molar-refractivity contribution >= 4 is 11.7 Å². The zero-order chi connectivity index (χ0) is 14.9. The van der Waals surface area contributed by atoms with Gasteiger partial charge in [0.1, 0.15) is 5.82 Å². The molecule has 1 fully saturated rings. The maximum atomic E-state index is 12.0. The fourth-order valence-corrected chi connectivity index (χ4v) is 2.55. The molecule has 0 spiro atoms. The molecule has 21 heavy (non-hydrogen) atoms. The number of amides is 1. The van der Waals surface area contributed by atoms with Crippen LogP contribution < -0.4 is 15.5 Å². The molecule has 1 saturated heterocycles. The van der Waals surface area contributed by atoms with E-state index in [-0.39, 0.29) is 5.91 Å². The molecular formula is C16H26N4O. The Labute approximate surface area is 127 Å². The minimum absolute atomic E-state index is 0.0529. The molecule has 0 aromatic carbocycles. The van der Waals surface area contributed by atoms with Crippen LogP contribution in [0.15, 0.2) is 18.3 Å². The normalized spacial score (nSPS) is 15.6. The second kappa shape index (κ2) is 8.62. The van der Waals surface area contributed by atoms with Crippen molar-refractivity contribution < 1.29 is 4.79 Å². The lowest BCUT2D eigenvalue weighted by molar-refractivity contribution is 0.0953. The Hall–Kier alpha value is -1.62. The van der Waals surface area contributed by atoms with E-state index in [1.54, 1.807) is 6.20 Å². The Balaban J connectivity index is 1.87. The van der Waals surface area contributed by atoms with Gasteiger partial charge in [0.15, 0.2) is 0 Å². The first kappa shape index (κ1) is 15.8. The minimum Gasteiger partial charge on any atom is -0.357 e. The zero-order valence-electron chi connectivity index (χ0n) is 12.9. The predicted octanol–water partition coefficient (Wildman–Crippen LogP) is 1.80. The van der Waals surface area contributed by atoms with E-state index >= 15 is 0 Å². The number of carbonyl (C=O) groups is 1. The van der Waals surface area contributed by atoms with Crippen molar-refractivity contribution in [1.82, 2.24) is 15.6 Å². The van der Waals surface area contributed by atoms with Gasteiger partial charge in [-0.05, 0) is 31.5 Å². The Bertz CT molecular complexity index is 424. The van der Waals surface area contributed by atoms with E-state index in [0.29, 0.717) is 12.1 Å². The first-order valence-electron chi connectivity index (χ1n) is 8.01. The summed E-state index contributed by atoms with van der Waals surface area (Å²) < 4.78 is 0. The van der Waals surface area contributed by atoms with Crippen molar-refractivity contribution in [2.75, 3.05) is 37.6 Å². The van der Waals surface area contributed by atoms with Crippen LogP contribution in [0.3, 0.4) is 0 Å². The van der Waals surface area contributed by atoms with E-state index in [9.17, 15) is 4.79 Å². The van der Waals surface area contributed by atoms with Crippen LogP contribution >= 0.6 is 0 Å². The number of pyridine rings is 1. The molecule has 0 bridgehead atoms. The zero-order valence-corrected chi connectivity index (χ0v) is 12.9. The maximum absolute atomic E-state index is 12.0. The molecule has 2 heterocycles. The van der Waals surface area contributed by atoms with Gasteiger partial charge >= 0.3 is 0 Å². The summed E-state index contributed by atoms with van der Waals surface area (Å²) in [5.41, 5.74) is 0.630. The first-order chi connectivity index (χ1) is 10.3. The standard InChI is InChI=1S/C16H26N4O/c1-2-17-9-10-18-16(21)14-7-8-15(19-13-14)20-11-5-3-4-6-12-20/h7-8,13,17H,2-6,9-12H2,1H3,(H,18,21). The van der Waals surface area contributed by atoms with E-state index in [1.165, 1.54) is 25.7 Å². The van der Waals surface area contributed by atoms with Crippen molar-refractivity contribution in [2.24, 2.45) is 0 Å². The number of hydrogen-bond donors (Lipinski definition) is 2. The number of hydrogen-bond acceptors (Lipinski definition) is 4. The van der Waals surface area contributed by atoms with E-state index in [4.69, 9.17) is 0 Å². The highest BCUT2D eigenvalue weighted by molar-refractivity contribution is 5.94. The third-order valence-electron chi connectivity index (χ3n) is 3.78. The van der Waals surface area contributed by atoms with Gasteiger partial charge in [0, 0.05) is 32.4 Å². The van der Waals surface area contributed by atoms with Gasteiger partial charge in [-0.25, -0.2) is 4.98 Å². The minimum atomic E-state index is -0.0529. The van der Waals surface area contributed by atoms with Crippen LogP contribution in [0.2, 0.25) is 0 Å². The highest BCUT2D eigenvalue weighted by atomic mass is 16.1. The molecule has 1 amide bonds. The molecule has 0 aliphatic carbocycles. The fraction of sp³-hybridized carbons (Fsp3) is 0.625. The van der Waals surface area contributed by atoms with Gasteiger partial charge in [0.25, 0.3) is 5.91 Å². The molecule has 0 radical (unpaired) electrons. The molecule has 5 nitrogen and oxygen atoms in total. The van der Waals surface area contributed by atoms with Gasteiger partial charge < -0.3 is 15.5 Å². The molecule has 0 unspecified atom stereocenters. The molecule has 5 heteroatoms. The lowest BCUT2D eigenvalue weighted by Gasteiger charge is -2.21. The molecule has 0 atom stereocenters. The quantitative estimate of drug-likeness (QED) is 0.785. The monoisotopic (exact) mass is 290 g/mol. The average molecular weight is 290 g/mol. The number of nitrogens with zero attached hydrogens (tertiary/aromatic N) is 2. The molecule has 1 aliphatic heterocycles. The predicted molar refractivity (Wildman–Crippen MR) is 85.8 cm³/mol. The summed E-state index contributed by atoms with van der Waals surface area (Å²) in [6.07, 6.45) is 6.76. The average Bonchev–Trinajstić information content (AvgIpc) is 2.81. The van der Waals surface area contributed by atoms with Crippen LogP contribution in [0.25, 0.3) is 0 Å². The molecule has 116 valence electrons. The van der Waals surface area contributed by atoms with Crippen molar-refractivity contribution in [3.8, 4) is 0 Å². The summed E-state index contributed by atoms with van der Waals surface area (Å²) in [4.78, 5) is 18.7. The van der Waals surface area contributed by atoms with Crippen LogP contribution in [0.4, 0.5) is 5.82 Å². The first-order valence-corrected chi connectivity index (χ1v) is 8.01. The van der Waals surface area contributed by atoms with Gasteiger partial charge in [-0.3, -0.25) is 4.79 Å². The number of likely N-dealkylation sites (N-methyl/N-ethyl adjacent to an activating group) is 1. The number of carbonyl (C=O) groups excluding carboxylic acids is 1. The number of aromatic nitrogens is 1. The lowest BCUT2D eigenvalue weighted by Crippen LogP contribution is -2.32. The fourth-order valence-electron chi connectivity index (χ4n) is 2.55. The summed E-state index contributed by atoms with van der Waals surface area (Å²) in [6, 6.07) is 3.83. The highest BCUT2D eigenvalue weighted by Crippen LogP contribution is 2.17. The van der Waals surface area contributed by atoms with Crippen LogP contribution in [-0.2, 0) is 0 Å². The summed E-state index contributed by atoms with van der Waals surface area (Å²) in [7, 11) is 0. The van der Waals surface area contributed by atoms with E-state index in [1.807, 2.05) is 19.1 Å². The Morgan fingerprint density at radius 3 is 2.57 bits per heavy atom. The number of anilines is 1. The molecule has 1 aromatic heterocycles. The van der Waals surface area contributed by atoms with Gasteiger partial charge in [-0.1, -0.05) is 19.8 Å². The van der Waals surface area contributed by atoms with Crippen molar-refractivity contribution in [3.63, 3.8) is 0 Å². The van der Waals surface area contributed by atoms with Gasteiger partial charge in [-0.2, -0.15) is 0 Å². The van der Waals surface area contributed by atoms with Gasteiger partial charge in [0.2, 0.25) is 0 Å². The lowest BCUT2D eigenvalue weighted by atomic mass is 10.2. The SMILES string of the molecule is CCNCCNC(=O)c1ccc(N2CCCCCC2)nc1. The van der Waals surface area contributed by atoms with Gasteiger partial charge in [0.05, 0.1) is 5.56 Å². The molecule has 1 aliphatic rings. The van der Waals surface area contributed by atoms with Crippen LogP contribution in [0.1, 0.15) is 43.0 Å². The maximum Gasteiger partial charge on any atom is 0.252 e. The van der Waals surface area contributed by atoms with Crippen LogP contribution in [-0.4, -0.2) is 43.6 Å². The Morgan fingerprint density at radius 2 is 1.95 bits per heavy atom. The van der Waals surface area contributed by atoms with Crippen LogP contribution in [0.5, 0.6) is 0 Å². The summed E-state index contributed by atoms with van der Waals surface area (Å²) in [5, 5.41) is 6.06. The highest BCUT2D eigenvalue weighted by Gasteiger charge is 2.12. The largest absolute Gasteiger partial charge is 0.357 e. The molecule has 2 rings (SSSR count). The second-order valence-corrected chi connectivity index (χ2v) is 5.42. The Kier molecular flexibility index (Phi) is 6.47. The van der Waals surface area contributed by atoms with E-state index < -0.39 is 0 Å². The molecule has 1 aromatic rings. The van der Waals surface area contributed by atoms with Crippen molar-refractivity contribution in [2.45, 2.75) is 32.6 Å². The molecule has 0 saturated carbocycles. The van der Waals surface area contributed by atoms with Crippen molar-refractivity contribution in [3.05, 3.63) is 23.9 Å². The number of rotatable bonds is 6.